The van der Waals surface area contributed by atoms with E-state index in [-0.39, 0.29) is 0 Å². The molecule has 0 amide bonds. The van der Waals surface area contributed by atoms with Gasteiger partial charge in [-0.3, -0.25) is 0 Å². The van der Waals surface area contributed by atoms with E-state index in [4.69, 9.17) is 4.74 Å². The van der Waals surface area contributed by atoms with Gasteiger partial charge in [-0.1, -0.05) is 44.2 Å². The molecule has 0 aliphatic heterocycles. The fourth-order valence-corrected chi connectivity index (χ4v) is 2.99. The maximum atomic E-state index is 5.60. The lowest BCUT2D eigenvalue weighted by Gasteiger charge is -2.23. The van der Waals surface area contributed by atoms with Crippen LogP contribution in [0.15, 0.2) is 12.1 Å². The van der Waals surface area contributed by atoms with E-state index in [0.29, 0.717) is 0 Å². The molecule has 17 heavy (non-hydrogen) atoms. The second kappa shape index (κ2) is 5.57. The number of rotatable bonds is 3. The predicted molar refractivity (Wildman–Crippen MR) is 72.7 cm³/mol. The molecule has 1 aliphatic carbocycles. The fraction of sp³-hybridized carbons (Fsp3) is 0.625. The third-order valence-electron chi connectivity index (χ3n) is 4.20. The van der Waals surface area contributed by atoms with Gasteiger partial charge in [-0.25, -0.2) is 0 Å². The number of ether oxygens (including phenoxy) is 1. The standard InChI is InChI=1S/C16H24O/c1-12-9-10-15(16(17-3)13(12)2)11-14-7-5-4-6-8-14/h9-10,14H,4-8,11H2,1-3H3. The van der Waals surface area contributed by atoms with Gasteiger partial charge in [0.15, 0.2) is 0 Å². The molecule has 0 radical (unpaired) electrons. The summed E-state index contributed by atoms with van der Waals surface area (Å²) in [5.74, 6) is 2.00. The molecule has 0 aromatic heterocycles. The zero-order valence-electron chi connectivity index (χ0n) is 11.4. The topological polar surface area (TPSA) is 9.23 Å². The summed E-state index contributed by atoms with van der Waals surface area (Å²) in [5, 5.41) is 0. The van der Waals surface area contributed by atoms with Crippen molar-refractivity contribution >= 4 is 0 Å². The average molecular weight is 232 g/mol. The molecule has 2 rings (SSSR count). The molecule has 1 nitrogen and oxygen atoms in total. The maximum absolute atomic E-state index is 5.60. The summed E-state index contributed by atoms with van der Waals surface area (Å²) in [6.07, 6.45) is 8.26. The Morgan fingerprint density at radius 3 is 2.47 bits per heavy atom. The van der Waals surface area contributed by atoms with Gasteiger partial charge in [0.1, 0.15) is 5.75 Å². The molecule has 0 bridgehead atoms. The monoisotopic (exact) mass is 232 g/mol. The number of hydrogen-bond acceptors (Lipinski definition) is 1. The molecular formula is C16H24O. The van der Waals surface area contributed by atoms with E-state index in [1.165, 1.54) is 55.2 Å². The minimum atomic E-state index is 0.875. The summed E-state index contributed by atoms with van der Waals surface area (Å²) in [7, 11) is 1.80. The summed E-state index contributed by atoms with van der Waals surface area (Å²) in [4.78, 5) is 0. The molecule has 1 aromatic rings. The summed E-state index contributed by atoms with van der Waals surface area (Å²) in [5.41, 5.74) is 4.04. The molecule has 1 saturated carbocycles. The van der Waals surface area contributed by atoms with E-state index in [1.54, 1.807) is 7.11 Å². The van der Waals surface area contributed by atoms with Gasteiger partial charge in [0, 0.05) is 0 Å². The Bertz CT molecular complexity index is 375. The van der Waals surface area contributed by atoms with Crippen molar-refractivity contribution < 1.29 is 4.74 Å². The van der Waals surface area contributed by atoms with Crippen LogP contribution in [0, 0.1) is 19.8 Å². The van der Waals surface area contributed by atoms with E-state index in [2.05, 4.69) is 26.0 Å². The average Bonchev–Trinajstić information content (AvgIpc) is 2.36. The SMILES string of the molecule is COc1c(CC2CCCCC2)ccc(C)c1C. The van der Waals surface area contributed by atoms with E-state index in [9.17, 15) is 0 Å². The van der Waals surface area contributed by atoms with Gasteiger partial charge in [0.2, 0.25) is 0 Å². The Labute approximate surface area is 105 Å². The molecule has 1 aromatic carbocycles. The third kappa shape index (κ3) is 2.83. The molecule has 1 fully saturated rings. The molecule has 0 spiro atoms. The minimum absolute atomic E-state index is 0.875. The quantitative estimate of drug-likeness (QED) is 0.749. The fourth-order valence-electron chi connectivity index (χ4n) is 2.99. The minimum Gasteiger partial charge on any atom is -0.496 e. The van der Waals surface area contributed by atoms with Crippen LogP contribution in [0.25, 0.3) is 0 Å². The Kier molecular flexibility index (Phi) is 4.09. The zero-order valence-corrected chi connectivity index (χ0v) is 11.4. The van der Waals surface area contributed by atoms with Crippen molar-refractivity contribution in [1.82, 2.24) is 0 Å². The Morgan fingerprint density at radius 1 is 1.12 bits per heavy atom. The first-order chi connectivity index (χ1) is 8.22. The van der Waals surface area contributed by atoms with Crippen molar-refractivity contribution in [2.45, 2.75) is 52.4 Å². The third-order valence-corrected chi connectivity index (χ3v) is 4.20. The molecule has 1 heteroatoms. The number of benzene rings is 1. The van der Waals surface area contributed by atoms with Crippen LogP contribution in [0.4, 0.5) is 0 Å². The zero-order chi connectivity index (χ0) is 12.3. The van der Waals surface area contributed by atoms with Gasteiger partial charge < -0.3 is 4.74 Å². The van der Waals surface area contributed by atoms with Crippen LogP contribution < -0.4 is 4.74 Å². The van der Waals surface area contributed by atoms with Crippen LogP contribution >= 0.6 is 0 Å². The predicted octanol–water partition coefficient (Wildman–Crippen LogP) is 4.43. The van der Waals surface area contributed by atoms with Crippen molar-refractivity contribution in [1.29, 1.82) is 0 Å². The lowest BCUT2D eigenvalue weighted by atomic mass is 9.84. The van der Waals surface area contributed by atoms with E-state index < -0.39 is 0 Å². The van der Waals surface area contributed by atoms with Crippen molar-refractivity contribution in [3.8, 4) is 5.75 Å². The molecule has 0 heterocycles. The highest BCUT2D eigenvalue weighted by molar-refractivity contribution is 5.45. The molecule has 94 valence electrons. The van der Waals surface area contributed by atoms with E-state index >= 15 is 0 Å². The van der Waals surface area contributed by atoms with Crippen LogP contribution in [-0.4, -0.2) is 7.11 Å². The van der Waals surface area contributed by atoms with Crippen LogP contribution in [0.3, 0.4) is 0 Å². The normalized spacial score (nSPS) is 17.1. The van der Waals surface area contributed by atoms with Gasteiger partial charge >= 0.3 is 0 Å². The van der Waals surface area contributed by atoms with Crippen LogP contribution in [0.5, 0.6) is 5.75 Å². The molecule has 0 N–H and O–H groups in total. The summed E-state index contributed by atoms with van der Waals surface area (Å²) >= 11 is 0. The van der Waals surface area contributed by atoms with Crippen molar-refractivity contribution in [3.63, 3.8) is 0 Å². The van der Waals surface area contributed by atoms with Gasteiger partial charge in [-0.2, -0.15) is 0 Å². The first-order valence-electron chi connectivity index (χ1n) is 6.85. The van der Waals surface area contributed by atoms with Crippen LogP contribution in [0.1, 0.15) is 48.8 Å². The molecule has 0 unspecified atom stereocenters. The first-order valence-corrected chi connectivity index (χ1v) is 6.85. The van der Waals surface area contributed by atoms with E-state index in [0.717, 1.165) is 11.7 Å². The Balaban J connectivity index is 2.17. The van der Waals surface area contributed by atoms with Gasteiger partial charge in [-0.15, -0.1) is 0 Å². The van der Waals surface area contributed by atoms with Crippen molar-refractivity contribution in [3.05, 3.63) is 28.8 Å². The highest BCUT2D eigenvalue weighted by Crippen LogP contribution is 2.32. The molecule has 0 saturated heterocycles. The first kappa shape index (κ1) is 12.5. The molecular weight excluding hydrogens is 208 g/mol. The van der Waals surface area contributed by atoms with Gasteiger partial charge in [0.05, 0.1) is 7.11 Å². The van der Waals surface area contributed by atoms with Crippen molar-refractivity contribution in [2.24, 2.45) is 5.92 Å². The highest BCUT2D eigenvalue weighted by atomic mass is 16.5. The van der Waals surface area contributed by atoms with E-state index in [1.807, 2.05) is 0 Å². The van der Waals surface area contributed by atoms with Gasteiger partial charge in [-0.05, 0) is 42.9 Å². The number of hydrogen-bond donors (Lipinski definition) is 0. The Hall–Kier alpha value is -0.980. The molecule has 0 atom stereocenters. The smallest absolute Gasteiger partial charge is 0.125 e. The lowest BCUT2D eigenvalue weighted by molar-refractivity contribution is 0.347. The van der Waals surface area contributed by atoms with Crippen molar-refractivity contribution in [2.75, 3.05) is 7.11 Å². The maximum Gasteiger partial charge on any atom is 0.125 e. The van der Waals surface area contributed by atoms with Crippen LogP contribution in [-0.2, 0) is 6.42 Å². The highest BCUT2D eigenvalue weighted by Gasteiger charge is 2.17. The second-order valence-corrected chi connectivity index (χ2v) is 5.41. The number of aryl methyl sites for hydroxylation is 1. The molecule has 1 aliphatic rings. The second-order valence-electron chi connectivity index (χ2n) is 5.41. The summed E-state index contributed by atoms with van der Waals surface area (Å²) in [6.45, 7) is 4.32. The summed E-state index contributed by atoms with van der Waals surface area (Å²) < 4.78 is 5.60. The van der Waals surface area contributed by atoms with Crippen LogP contribution in [0.2, 0.25) is 0 Å². The Morgan fingerprint density at radius 2 is 1.82 bits per heavy atom. The van der Waals surface area contributed by atoms with Gasteiger partial charge in [0.25, 0.3) is 0 Å². The number of methoxy groups -OCH3 is 1. The summed E-state index contributed by atoms with van der Waals surface area (Å²) in [6, 6.07) is 4.49. The largest absolute Gasteiger partial charge is 0.496 e. The lowest BCUT2D eigenvalue weighted by Crippen LogP contribution is -2.10.